The van der Waals surface area contributed by atoms with Gasteiger partial charge in [-0.2, -0.15) is 0 Å². The third kappa shape index (κ3) is 4.20. The second kappa shape index (κ2) is 8.49. The Kier molecular flexibility index (Phi) is 5.78. The first-order chi connectivity index (χ1) is 14.5. The molecule has 0 spiro atoms. The van der Waals surface area contributed by atoms with Crippen molar-refractivity contribution in [1.29, 1.82) is 0 Å². The first-order valence-corrected chi connectivity index (χ1v) is 10.6. The quantitative estimate of drug-likeness (QED) is 0.594. The summed E-state index contributed by atoms with van der Waals surface area (Å²) in [6.07, 6.45) is 2.38. The Bertz CT molecular complexity index is 1040. The zero-order valence-corrected chi connectivity index (χ0v) is 18.0. The van der Waals surface area contributed by atoms with Crippen LogP contribution in [-0.4, -0.2) is 34.6 Å². The molecular formula is C22H24N4O3S. The van der Waals surface area contributed by atoms with Crippen LogP contribution in [0, 0.1) is 19.8 Å². The first kappa shape index (κ1) is 20.4. The second-order valence-electron chi connectivity index (χ2n) is 7.51. The highest BCUT2D eigenvalue weighted by Gasteiger charge is 2.60. The molecule has 1 aliphatic rings. The van der Waals surface area contributed by atoms with Gasteiger partial charge in [0.2, 0.25) is 5.91 Å². The van der Waals surface area contributed by atoms with E-state index in [1.807, 2.05) is 49.6 Å². The van der Waals surface area contributed by atoms with Crippen LogP contribution in [0.25, 0.3) is 0 Å². The van der Waals surface area contributed by atoms with Crippen molar-refractivity contribution in [3.8, 4) is 5.75 Å². The number of nitrogens with zero attached hydrogens (tertiary/aromatic N) is 3. The summed E-state index contributed by atoms with van der Waals surface area (Å²) < 4.78 is 11.4. The van der Waals surface area contributed by atoms with Gasteiger partial charge in [-0.25, -0.2) is 15.0 Å². The molecule has 0 radical (unpaired) electrons. The number of aromatic nitrogens is 3. The normalized spacial score (nSPS) is 20.0. The Morgan fingerprint density at radius 3 is 2.77 bits per heavy atom. The molecule has 1 N–H and O–H groups in total. The van der Waals surface area contributed by atoms with Crippen molar-refractivity contribution >= 4 is 22.4 Å². The van der Waals surface area contributed by atoms with Crippen LogP contribution >= 0.6 is 11.3 Å². The van der Waals surface area contributed by atoms with Gasteiger partial charge in [0.05, 0.1) is 31.0 Å². The highest BCUT2D eigenvalue weighted by Crippen LogP contribution is 2.55. The number of thiazole rings is 1. The Labute approximate surface area is 179 Å². The van der Waals surface area contributed by atoms with E-state index >= 15 is 0 Å². The van der Waals surface area contributed by atoms with E-state index in [4.69, 9.17) is 9.47 Å². The van der Waals surface area contributed by atoms with Gasteiger partial charge in [0.25, 0.3) is 0 Å². The number of amides is 1. The minimum absolute atomic E-state index is 0.0333. The second-order valence-corrected chi connectivity index (χ2v) is 8.37. The summed E-state index contributed by atoms with van der Waals surface area (Å²) in [7, 11) is 1.62. The molecule has 7 nitrogen and oxygen atoms in total. The number of anilines is 1. The smallest absolute Gasteiger partial charge is 0.230 e. The fraction of sp³-hybridized carbons (Fsp3) is 0.364. The number of benzene rings is 1. The zero-order valence-electron chi connectivity index (χ0n) is 17.2. The molecule has 2 aromatic heterocycles. The largest absolute Gasteiger partial charge is 0.489 e. The van der Waals surface area contributed by atoms with Gasteiger partial charge in [0.1, 0.15) is 11.5 Å². The summed E-state index contributed by atoms with van der Waals surface area (Å²) in [5.74, 6) is 1.02. The van der Waals surface area contributed by atoms with Gasteiger partial charge in [0.15, 0.2) is 10.9 Å². The van der Waals surface area contributed by atoms with Gasteiger partial charge in [-0.05, 0) is 25.8 Å². The lowest BCUT2D eigenvalue weighted by Gasteiger charge is -2.20. The fourth-order valence-corrected chi connectivity index (χ4v) is 4.35. The van der Waals surface area contributed by atoms with Crippen LogP contribution in [0.3, 0.4) is 0 Å². The Morgan fingerprint density at radius 2 is 2.07 bits per heavy atom. The van der Waals surface area contributed by atoms with Crippen LogP contribution in [0.4, 0.5) is 5.13 Å². The number of carbonyl (C=O) groups excluding carboxylic acids is 1. The van der Waals surface area contributed by atoms with Crippen LogP contribution in [0.5, 0.6) is 5.75 Å². The maximum absolute atomic E-state index is 13.0. The van der Waals surface area contributed by atoms with E-state index in [1.165, 1.54) is 11.3 Å². The zero-order chi connectivity index (χ0) is 21.1. The monoisotopic (exact) mass is 424 g/mol. The molecule has 0 saturated heterocycles. The summed E-state index contributed by atoms with van der Waals surface area (Å²) >= 11 is 1.43. The highest BCUT2D eigenvalue weighted by molar-refractivity contribution is 7.13. The first-order valence-electron chi connectivity index (χ1n) is 9.74. The molecule has 2 atom stereocenters. The minimum Gasteiger partial charge on any atom is -0.489 e. The van der Waals surface area contributed by atoms with Crippen LogP contribution in [-0.2, 0) is 21.6 Å². The molecule has 4 rings (SSSR count). The number of nitrogens with one attached hydrogen (secondary N) is 1. The maximum atomic E-state index is 13.0. The number of aryl methyl sites for hydroxylation is 2. The maximum Gasteiger partial charge on any atom is 0.230 e. The van der Waals surface area contributed by atoms with Crippen LogP contribution < -0.4 is 10.1 Å². The standard InChI is InChI=1S/C22H24N4O3S/c1-14-12-30-21(24-14)26-20(27)17-9-22(17,16-7-5-4-6-8-16)13-29-19-10-23-15(2)25-18(19)11-28-3/h4-8,10,12,17H,9,11,13H2,1-3H3,(H,24,26,27)/t17-,22+/m0/s1. The van der Waals surface area contributed by atoms with Crippen LogP contribution in [0.15, 0.2) is 41.9 Å². The van der Waals surface area contributed by atoms with Crippen molar-refractivity contribution in [1.82, 2.24) is 15.0 Å². The van der Waals surface area contributed by atoms with E-state index in [-0.39, 0.29) is 11.8 Å². The number of ether oxygens (including phenoxy) is 2. The third-order valence-corrected chi connectivity index (χ3v) is 6.18. The van der Waals surface area contributed by atoms with E-state index in [2.05, 4.69) is 20.3 Å². The van der Waals surface area contributed by atoms with E-state index in [0.717, 1.165) is 11.3 Å². The molecular weight excluding hydrogens is 400 g/mol. The molecule has 1 saturated carbocycles. The minimum atomic E-state index is -0.396. The molecule has 30 heavy (non-hydrogen) atoms. The van der Waals surface area contributed by atoms with E-state index in [1.54, 1.807) is 13.3 Å². The topological polar surface area (TPSA) is 86.2 Å². The van der Waals surface area contributed by atoms with Gasteiger partial charge >= 0.3 is 0 Å². The van der Waals surface area contributed by atoms with Crippen molar-refractivity contribution in [3.63, 3.8) is 0 Å². The predicted octanol–water partition coefficient (Wildman–Crippen LogP) is 3.67. The predicted molar refractivity (Wildman–Crippen MR) is 115 cm³/mol. The number of carbonyl (C=O) groups is 1. The van der Waals surface area contributed by atoms with Crippen molar-refractivity contribution in [2.75, 3.05) is 19.0 Å². The molecule has 1 aliphatic carbocycles. The Balaban J connectivity index is 1.54. The number of hydrogen-bond donors (Lipinski definition) is 1. The van der Waals surface area contributed by atoms with Crippen molar-refractivity contribution in [2.45, 2.75) is 32.3 Å². The van der Waals surface area contributed by atoms with Crippen molar-refractivity contribution in [3.05, 3.63) is 64.7 Å². The molecule has 0 unspecified atom stereocenters. The molecule has 1 amide bonds. The molecule has 3 aromatic rings. The summed E-state index contributed by atoms with van der Waals surface area (Å²) in [6.45, 7) is 4.43. The molecule has 0 aliphatic heterocycles. The number of rotatable bonds is 8. The van der Waals surface area contributed by atoms with Gasteiger partial charge in [0, 0.05) is 17.9 Å². The Morgan fingerprint density at radius 1 is 1.27 bits per heavy atom. The summed E-state index contributed by atoms with van der Waals surface area (Å²) in [5.41, 5.74) is 2.29. The average Bonchev–Trinajstić information content (AvgIpc) is 3.35. The van der Waals surface area contributed by atoms with Gasteiger partial charge in [-0.3, -0.25) is 4.79 Å². The molecule has 8 heteroatoms. The fourth-order valence-electron chi connectivity index (χ4n) is 3.66. The van der Waals surface area contributed by atoms with E-state index in [9.17, 15) is 4.79 Å². The summed E-state index contributed by atoms with van der Waals surface area (Å²) in [6, 6.07) is 10.0. The van der Waals surface area contributed by atoms with Crippen molar-refractivity contribution < 1.29 is 14.3 Å². The van der Waals surface area contributed by atoms with Crippen LogP contribution in [0.2, 0.25) is 0 Å². The number of hydrogen-bond acceptors (Lipinski definition) is 7. The molecule has 0 bridgehead atoms. The SMILES string of the molecule is COCc1nc(C)ncc1OC[C@@]1(c2ccccc2)C[C@H]1C(=O)Nc1nc(C)cs1. The Hall–Kier alpha value is -2.84. The summed E-state index contributed by atoms with van der Waals surface area (Å²) in [5, 5.41) is 5.50. The molecule has 1 aromatic carbocycles. The van der Waals surface area contributed by atoms with Crippen molar-refractivity contribution in [2.24, 2.45) is 5.92 Å². The third-order valence-electron chi connectivity index (χ3n) is 5.31. The molecule has 2 heterocycles. The molecule has 156 valence electrons. The lowest BCUT2D eigenvalue weighted by Crippen LogP contribution is -2.26. The van der Waals surface area contributed by atoms with Gasteiger partial charge in [-0.15, -0.1) is 11.3 Å². The highest BCUT2D eigenvalue weighted by atomic mass is 32.1. The average molecular weight is 425 g/mol. The van der Waals surface area contributed by atoms with E-state index < -0.39 is 5.41 Å². The number of methoxy groups -OCH3 is 1. The van der Waals surface area contributed by atoms with Gasteiger partial charge < -0.3 is 14.8 Å². The summed E-state index contributed by atoms with van der Waals surface area (Å²) in [4.78, 5) is 26.0. The lowest BCUT2D eigenvalue weighted by atomic mass is 9.94. The van der Waals surface area contributed by atoms with Gasteiger partial charge in [-0.1, -0.05) is 30.3 Å². The van der Waals surface area contributed by atoms with E-state index in [0.29, 0.717) is 42.0 Å². The lowest BCUT2D eigenvalue weighted by molar-refractivity contribution is -0.117. The van der Waals surface area contributed by atoms with Crippen LogP contribution in [0.1, 0.15) is 29.2 Å². The molecule has 1 fully saturated rings.